The molecule has 2 aromatic rings. The van der Waals surface area contributed by atoms with E-state index in [1.807, 2.05) is 13.0 Å². The number of hydrogen-bond acceptors (Lipinski definition) is 3. The largest absolute Gasteiger partial charge is 0.376 e. The van der Waals surface area contributed by atoms with Crippen molar-refractivity contribution >= 4 is 15.6 Å². The molecule has 1 N–H and O–H groups in total. The highest BCUT2D eigenvalue weighted by Gasteiger charge is 2.12. The van der Waals surface area contributed by atoms with E-state index in [1.54, 1.807) is 31.2 Å². The van der Waals surface area contributed by atoms with E-state index in [0.717, 1.165) is 24.4 Å². The summed E-state index contributed by atoms with van der Waals surface area (Å²) in [4.78, 5) is 0.286. The van der Waals surface area contributed by atoms with Gasteiger partial charge in [-0.25, -0.2) is 13.1 Å². The summed E-state index contributed by atoms with van der Waals surface area (Å²) >= 11 is 0. The Kier molecular flexibility index (Phi) is 8.18. The van der Waals surface area contributed by atoms with E-state index in [-0.39, 0.29) is 11.4 Å². The lowest BCUT2D eigenvalue weighted by molar-refractivity contribution is 0.137. The highest BCUT2D eigenvalue weighted by molar-refractivity contribution is 7.89. The molecule has 1 aliphatic rings. The molecule has 150 valence electrons. The van der Waals surface area contributed by atoms with Gasteiger partial charge in [0.05, 0.1) is 18.1 Å². The molecule has 0 bridgehead atoms. The van der Waals surface area contributed by atoms with Gasteiger partial charge in [-0.15, -0.1) is 0 Å². The summed E-state index contributed by atoms with van der Waals surface area (Å²) in [6.45, 7) is 11.4. The van der Waals surface area contributed by atoms with Crippen molar-refractivity contribution in [1.82, 2.24) is 4.72 Å². The van der Waals surface area contributed by atoms with Gasteiger partial charge in [-0.3, -0.25) is 0 Å². The summed E-state index contributed by atoms with van der Waals surface area (Å²) in [5.74, 6) is 0.545. The van der Waals surface area contributed by atoms with Crippen LogP contribution < -0.4 is 4.72 Å². The number of ether oxygens (including phenoxy) is 1. The molecule has 1 aliphatic heterocycles. The van der Waals surface area contributed by atoms with Crippen molar-refractivity contribution in [1.29, 1.82) is 0 Å². The van der Waals surface area contributed by atoms with Crippen molar-refractivity contribution in [2.45, 2.75) is 25.7 Å². The van der Waals surface area contributed by atoms with Crippen LogP contribution in [0, 0.1) is 12.8 Å². The van der Waals surface area contributed by atoms with Crippen LogP contribution >= 0.6 is 0 Å². The lowest BCUT2D eigenvalue weighted by Crippen LogP contribution is -2.25. The van der Waals surface area contributed by atoms with Gasteiger partial charge < -0.3 is 4.74 Å². The fourth-order valence-corrected chi connectivity index (χ4v) is 3.74. The van der Waals surface area contributed by atoms with Crippen LogP contribution in [0.1, 0.15) is 25.0 Å². The number of aryl methyl sites for hydroxylation is 1. The van der Waals surface area contributed by atoms with Gasteiger partial charge in [0.1, 0.15) is 0 Å². The Labute approximate surface area is 169 Å². The van der Waals surface area contributed by atoms with Crippen molar-refractivity contribution in [2.75, 3.05) is 19.8 Å². The van der Waals surface area contributed by atoms with E-state index in [2.05, 4.69) is 48.6 Å². The van der Waals surface area contributed by atoms with Crippen molar-refractivity contribution in [3.8, 4) is 0 Å². The number of nitrogens with one attached hydrogen (secondary N) is 1. The van der Waals surface area contributed by atoms with Crippen LogP contribution in [0.2, 0.25) is 0 Å². The third-order valence-electron chi connectivity index (χ3n) is 4.16. The molecule has 1 atom stereocenters. The first-order valence-electron chi connectivity index (χ1n) is 9.32. The van der Waals surface area contributed by atoms with E-state index >= 15 is 0 Å². The maximum absolute atomic E-state index is 11.7. The standard InChI is InChI=1S/C12H14O.C11H15NO2S/c1-10-7-12(9-13-8-10)11-5-3-2-4-6-11;1-9(2)8-12-15(13,14)11-6-4-10(3)5-7-11/h2-7,10H,8-9H2,1H3;4-7,12H,1,8H2,2-3H3. The number of hydrogen-bond donors (Lipinski definition) is 1. The van der Waals surface area contributed by atoms with Crippen LogP contribution in [0.15, 0.2) is 77.7 Å². The van der Waals surface area contributed by atoms with Crippen LogP contribution in [-0.2, 0) is 14.8 Å². The van der Waals surface area contributed by atoms with E-state index < -0.39 is 10.0 Å². The van der Waals surface area contributed by atoms with Gasteiger partial charge >= 0.3 is 0 Å². The predicted molar refractivity (Wildman–Crippen MR) is 116 cm³/mol. The van der Waals surface area contributed by atoms with Gasteiger partial charge in [-0.1, -0.05) is 73.2 Å². The second kappa shape index (κ2) is 10.4. The zero-order valence-corrected chi connectivity index (χ0v) is 17.6. The summed E-state index contributed by atoms with van der Waals surface area (Å²) in [7, 11) is -3.38. The van der Waals surface area contributed by atoms with Gasteiger partial charge in [-0.05, 0) is 43.0 Å². The Morgan fingerprint density at radius 1 is 1.14 bits per heavy atom. The van der Waals surface area contributed by atoms with Crippen molar-refractivity contribution in [3.05, 3.63) is 84.0 Å². The number of sulfonamides is 1. The second-order valence-electron chi connectivity index (χ2n) is 7.15. The highest BCUT2D eigenvalue weighted by atomic mass is 32.2. The van der Waals surface area contributed by atoms with E-state index in [1.165, 1.54) is 11.1 Å². The smallest absolute Gasteiger partial charge is 0.240 e. The minimum atomic E-state index is -3.38. The van der Waals surface area contributed by atoms with E-state index in [9.17, 15) is 8.42 Å². The van der Waals surface area contributed by atoms with Gasteiger partial charge in [0.15, 0.2) is 0 Å². The maximum Gasteiger partial charge on any atom is 0.240 e. The lowest BCUT2D eigenvalue weighted by atomic mass is 10.00. The molecular formula is C23H29NO3S. The van der Waals surface area contributed by atoms with Crippen LogP contribution in [0.3, 0.4) is 0 Å². The fraction of sp³-hybridized carbons (Fsp3) is 0.304. The third-order valence-corrected chi connectivity index (χ3v) is 5.58. The van der Waals surface area contributed by atoms with E-state index in [4.69, 9.17) is 4.74 Å². The summed E-state index contributed by atoms with van der Waals surface area (Å²) in [5.41, 5.74) is 4.42. The molecule has 3 rings (SSSR count). The monoisotopic (exact) mass is 399 g/mol. The fourth-order valence-electron chi connectivity index (χ4n) is 2.65. The molecule has 2 aromatic carbocycles. The van der Waals surface area contributed by atoms with E-state index in [0.29, 0.717) is 5.92 Å². The normalized spacial score (nSPS) is 16.5. The van der Waals surface area contributed by atoms with Gasteiger partial charge in [0, 0.05) is 6.54 Å². The maximum atomic E-state index is 11.7. The molecule has 4 nitrogen and oxygen atoms in total. The molecule has 0 radical (unpaired) electrons. The van der Waals surface area contributed by atoms with Crippen LogP contribution in [0.4, 0.5) is 0 Å². The number of benzene rings is 2. The molecule has 0 aliphatic carbocycles. The zero-order valence-electron chi connectivity index (χ0n) is 16.8. The van der Waals surface area contributed by atoms with Gasteiger partial charge in [0.2, 0.25) is 10.0 Å². The zero-order chi connectivity index (χ0) is 20.6. The summed E-state index contributed by atoms with van der Waals surface area (Å²) in [6.07, 6.45) is 2.30. The average molecular weight is 400 g/mol. The lowest BCUT2D eigenvalue weighted by Gasteiger charge is -2.18. The first-order chi connectivity index (χ1) is 13.3. The van der Waals surface area contributed by atoms with Crippen molar-refractivity contribution in [3.63, 3.8) is 0 Å². The molecule has 0 spiro atoms. The van der Waals surface area contributed by atoms with Crippen LogP contribution in [0.25, 0.3) is 5.57 Å². The van der Waals surface area contributed by atoms with Gasteiger partial charge in [0.25, 0.3) is 0 Å². The summed E-state index contributed by atoms with van der Waals surface area (Å²) in [5, 5.41) is 0. The Balaban J connectivity index is 0.000000202. The molecular weight excluding hydrogens is 370 g/mol. The third kappa shape index (κ3) is 7.08. The molecule has 0 fully saturated rings. The molecule has 28 heavy (non-hydrogen) atoms. The van der Waals surface area contributed by atoms with Crippen LogP contribution in [0.5, 0.6) is 0 Å². The Hall–Kier alpha value is -2.21. The van der Waals surface area contributed by atoms with Crippen molar-refractivity contribution < 1.29 is 13.2 Å². The van der Waals surface area contributed by atoms with Gasteiger partial charge in [-0.2, -0.15) is 0 Å². The number of rotatable bonds is 5. The second-order valence-corrected chi connectivity index (χ2v) is 8.91. The minimum Gasteiger partial charge on any atom is -0.376 e. The summed E-state index contributed by atoms with van der Waals surface area (Å²) < 4.78 is 31.3. The molecule has 0 amide bonds. The molecule has 0 saturated heterocycles. The minimum absolute atomic E-state index is 0.274. The highest BCUT2D eigenvalue weighted by Crippen LogP contribution is 2.21. The molecule has 1 heterocycles. The predicted octanol–water partition coefficient (Wildman–Crippen LogP) is 4.59. The topological polar surface area (TPSA) is 55.4 Å². The molecule has 0 saturated carbocycles. The Morgan fingerprint density at radius 3 is 2.36 bits per heavy atom. The first kappa shape index (κ1) is 22.1. The molecule has 5 heteroatoms. The SMILES string of the molecule is C=C(C)CNS(=O)(=O)c1ccc(C)cc1.CC1C=C(c2ccccc2)COC1. The van der Waals surface area contributed by atoms with Crippen molar-refractivity contribution in [2.24, 2.45) is 5.92 Å². The Bertz CT molecular complexity index is 901. The molecule has 0 aromatic heterocycles. The Morgan fingerprint density at radius 2 is 1.79 bits per heavy atom. The van der Waals surface area contributed by atoms with Crippen LogP contribution in [-0.4, -0.2) is 28.2 Å². The summed E-state index contributed by atoms with van der Waals surface area (Å²) in [6, 6.07) is 17.2. The average Bonchev–Trinajstić information content (AvgIpc) is 2.68. The quantitative estimate of drug-likeness (QED) is 0.749. The molecule has 1 unspecified atom stereocenters. The first-order valence-corrected chi connectivity index (χ1v) is 10.8.